The summed E-state index contributed by atoms with van der Waals surface area (Å²) in [5, 5.41) is 25.7. The molecule has 0 spiro atoms. The zero-order valence-electron chi connectivity index (χ0n) is 23.0. The van der Waals surface area contributed by atoms with Crippen LogP contribution in [0.4, 0.5) is 0 Å². The van der Waals surface area contributed by atoms with Crippen LogP contribution in [0.3, 0.4) is 0 Å². The molecule has 1 aromatic rings. The van der Waals surface area contributed by atoms with Crippen molar-refractivity contribution < 1.29 is 34.2 Å². The number of guanidine groups is 2. The van der Waals surface area contributed by atoms with Crippen molar-refractivity contribution in [2.24, 2.45) is 38.7 Å². The molecule has 0 aliphatic heterocycles. The van der Waals surface area contributed by atoms with Gasteiger partial charge in [-0.2, -0.15) is 0 Å². The summed E-state index contributed by atoms with van der Waals surface area (Å²) in [5.74, 6) is -5.25. The first-order chi connectivity index (χ1) is 19.8. The molecule has 1 heterocycles. The maximum atomic E-state index is 13.3. The van der Waals surface area contributed by atoms with Crippen LogP contribution in [0.15, 0.2) is 22.5 Å². The monoisotopic (exact) mass is 596 g/mol. The Labute approximate surface area is 241 Å². The lowest BCUT2D eigenvalue weighted by atomic mass is 10.1. The first-order valence-electron chi connectivity index (χ1n) is 13.0. The summed E-state index contributed by atoms with van der Waals surface area (Å²) in [6.07, 6.45) is 2.67. The SMILES string of the molecule is NC(N)=NCCCC(N)C(=O)NC(CCCN=C(N)N)C(=O)NC(Cc1cnc[nH]1)C(=O)NC(CCC(=O)O)C(=O)O. The second-order valence-electron chi connectivity index (χ2n) is 9.24. The quantitative estimate of drug-likeness (QED) is 0.0386. The van der Waals surface area contributed by atoms with Crippen molar-refractivity contribution in [2.45, 2.75) is 69.1 Å². The number of carboxylic acids is 2. The number of aromatic nitrogens is 2. The van der Waals surface area contributed by atoms with Crippen molar-refractivity contribution in [3.8, 4) is 0 Å². The number of H-pyrrole nitrogens is 1. The number of nitrogens with zero attached hydrogens (tertiary/aromatic N) is 3. The van der Waals surface area contributed by atoms with Gasteiger partial charge in [-0.15, -0.1) is 0 Å². The number of carbonyl (C=O) groups excluding carboxylic acids is 3. The third-order valence-corrected chi connectivity index (χ3v) is 5.76. The molecule has 3 amide bonds. The van der Waals surface area contributed by atoms with Gasteiger partial charge in [0.15, 0.2) is 11.9 Å². The van der Waals surface area contributed by atoms with Crippen molar-refractivity contribution in [2.75, 3.05) is 13.1 Å². The highest BCUT2D eigenvalue weighted by Gasteiger charge is 2.31. The van der Waals surface area contributed by atoms with Crippen LogP contribution >= 0.6 is 0 Å². The molecular formula is C23H40N12O7. The zero-order valence-corrected chi connectivity index (χ0v) is 23.0. The molecule has 1 rings (SSSR count). The molecule has 0 bridgehead atoms. The van der Waals surface area contributed by atoms with Crippen LogP contribution in [-0.2, 0) is 30.4 Å². The zero-order chi connectivity index (χ0) is 31.7. The highest BCUT2D eigenvalue weighted by Crippen LogP contribution is 2.06. The van der Waals surface area contributed by atoms with Gasteiger partial charge in [0.05, 0.1) is 12.4 Å². The maximum absolute atomic E-state index is 13.3. The van der Waals surface area contributed by atoms with E-state index in [0.29, 0.717) is 12.1 Å². The summed E-state index contributed by atoms with van der Waals surface area (Å²) in [6, 6.07) is -5.02. The summed E-state index contributed by atoms with van der Waals surface area (Å²) >= 11 is 0. The number of nitrogens with two attached hydrogens (primary N) is 5. The van der Waals surface area contributed by atoms with Gasteiger partial charge in [0.25, 0.3) is 0 Å². The summed E-state index contributed by atoms with van der Waals surface area (Å²) in [6.45, 7) is 0.397. The molecule has 4 atom stereocenters. The van der Waals surface area contributed by atoms with Crippen molar-refractivity contribution in [3.63, 3.8) is 0 Å². The highest BCUT2D eigenvalue weighted by molar-refractivity contribution is 5.94. The van der Waals surface area contributed by atoms with Crippen LogP contribution in [0.1, 0.15) is 44.2 Å². The molecule has 0 aliphatic rings. The number of nitrogens with one attached hydrogen (secondary N) is 4. The first-order valence-corrected chi connectivity index (χ1v) is 13.0. The lowest BCUT2D eigenvalue weighted by molar-refractivity contribution is -0.143. The van der Waals surface area contributed by atoms with Gasteiger partial charge >= 0.3 is 11.9 Å². The molecule has 0 fully saturated rings. The molecule has 42 heavy (non-hydrogen) atoms. The first kappa shape index (κ1) is 35.1. The molecule has 0 aliphatic carbocycles. The molecule has 16 N–H and O–H groups in total. The fourth-order valence-corrected chi connectivity index (χ4v) is 3.60. The van der Waals surface area contributed by atoms with E-state index in [4.69, 9.17) is 33.8 Å². The molecule has 4 unspecified atom stereocenters. The predicted octanol–water partition coefficient (Wildman–Crippen LogP) is -4.21. The molecular weight excluding hydrogens is 556 g/mol. The number of imidazole rings is 1. The highest BCUT2D eigenvalue weighted by atomic mass is 16.4. The van der Waals surface area contributed by atoms with E-state index in [-0.39, 0.29) is 57.1 Å². The van der Waals surface area contributed by atoms with Crippen LogP contribution in [-0.4, -0.2) is 99.0 Å². The molecule has 0 aromatic carbocycles. The Morgan fingerprint density at radius 2 is 1.36 bits per heavy atom. The summed E-state index contributed by atoms with van der Waals surface area (Å²) in [7, 11) is 0. The average Bonchev–Trinajstić information content (AvgIpc) is 3.42. The van der Waals surface area contributed by atoms with Crippen LogP contribution < -0.4 is 44.6 Å². The Morgan fingerprint density at radius 1 is 0.810 bits per heavy atom. The van der Waals surface area contributed by atoms with Crippen molar-refractivity contribution in [1.29, 1.82) is 0 Å². The molecule has 234 valence electrons. The summed E-state index contributed by atoms with van der Waals surface area (Å²) in [4.78, 5) is 76.0. The largest absolute Gasteiger partial charge is 0.481 e. The van der Waals surface area contributed by atoms with E-state index in [1.54, 1.807) is 0 Å². The number of carbonyl (C=O) groups is 5. The standard InChI is InChI=1S/C23H40N12O7/c24-13(3-1-7-30-22(25)26)18(38)33-14(4-2-8-31-23(27)28)19(39)35-16(9-12-10-29-11-32-12)20(40)34-15(21(41)42)5-6-17(36)37/h10-11,13-16H,1-9,24H2,(H,29,32)(H,33,38)(H,34,40)(H,35,39)(H,36,37)(H,41,42)(H4,25,26,30)(H4,27,28,31). The van der Waals surface area contributed by atoms with E-state index < -0.39 is 60.2 Å². The second-order valence-corrected chi connectivity index (χ2v) is 9.24. The van der Waals surface area contributed by atoms with Gasteiger partial charge in [-0.05, 0) is 32.1 Å². The minimum absolute atomic E-state index is 0.0594. The topological polar surface area (TPSA) is 345 Å². The van der Waals surface area contributed by atoms with Crippen molar-refractivity contribution in [1.82, 2.24) is 25.9 Å². The maximum Gasteiger partial charge on any atom is 0.326 e. The Morgan fingerprint density at radius 3 is 1.88 bits per heavy atom. The van der Waals surface area contributed by atoms with Crippen LogP contribution in [0, 0.1) is 0 Å². The van der Waals surface area contributed by atoms with Crippen molar-refractivity contribution in [3.05, 3.63) is 18.2 Å². The number of carboxylic acid groups (broad SMARTS) is 2. The van der Waals surface area contributed by atoms with Crippen LogP contribution in [0.25, 0.3) is 0 Å². The van der Waals surface area contributed by atoms with E-state index in [9.17, 15) is 29.1 Å². The molecule has 0 saturated carbocycles. The third-order valence-electron chi connectivity index (χ3n) is 5.76. The van der Waals surface area contributed by atoms with E-state index in [2.05, 4.69) is 35.9 Å². The lowest BCUT2D eigenvalue weighted by Gasteiger charge is -2.25. The van der Waals surface area contributed by atoms with E-state index >= 15 is 0 Å². The Kier molecular flexibility index (Phi) is 15.4. The van der Waals surface area contributed by atoms with Crippen LogP contribution in [0.5, 0.6) is 0 Å². The normalized spacial score (nSPS) is 13.5. The Balaban J connectivity index is 3.07. The average molecular weight is 597 g/mol. The fraction of sp³-hybridized carbons (Fsp3) is 0.565. The fourth-order valence-electron chi connectivity index (χ4n) is 3.60. The Hall–Kier alpha value is -4.94. The third kappa shape index (κ3) is 14.4. The Bertz CT molecular complexity index is 1100. The van der Waals surface area contributed by atoms with Crippen molar-refractivity contribution >= 4 is 41.6 Å². The minimum Gasteiger partial charge on any atom is -0.481 e. The number of aliphatic carboxylic acids is 2. The predicted molar refractivity (Wildman–Crippen MR) is 150 cm³/mol. The smallest absolute Gasteiger partial charge is 0.326 e. The second kappa shape index (κ2) is 18.4. The number of hydrogen-bond acceptors (Lipinski definition) is 9. The molecule has 0 radical (unpaired) electrons. The van der Waals surface area contributed by atoms with Gasteiger partial charge in [-0.3, -0.25) is 29.2 Å². The molecule has 0 saturated heterocycles. The summed E-state index contributed by atoms with van der Waals surface area (Å²) < 4.78 is 0. The van der Waals surface area contributed by atoms with E-state index in [1.807, 2.05) is 0 Å². The van der Waals surface area contributed by atoms with Gasteiger partial charge in [0.1, 0.15) is 18.1 Å². The molecule has 1 aromatic heterocycles. The van der Waals surface area contributed by atoms with Gasteiger partial charge in [0, 0.05) is 37.8 Å². The number of amides is 3. The van der Waals surface area contributed by atoms with E-state index in [1.165, 1.54) is 12.5 Å². The summed E-state index contributed by atoms with van der Waals surface area (Å²) in [5.41, 5.74) is 27.6. The number of hydrogen-bond donors (Lipinski definition) is 11. The molecule has 19 nitrogen and oxygen atoms in total. The lowest BCUT2D eigenvalue weighted by Crippen LogP contribution is -2.57. The minimum atomic E-state index is -1.53. The van der Waals surface area contributed by atoms with E-state index in [0.717, 1.165) is 0 Å². The van der Waals surface area contributed by atoms with Gasteiger partial charge < -0.3 is 59.8 Å². The van der Waals surface area contributed by atoms with Gasteiger partial charge in [-0.1, -0.05) is 0 Å². The van der Waals surface area contributed by atoms with Gasteiger partial charge in [-0.25, -0.2) is 9.78 Å². The van der Waals surface area contributed by atoms with Crippen LogP contribution in [0.2, 0.25) is 0 Å². The van der Waals surface area contributed by atoms with Gasteiger partial charge in [0.2, 0.25) is 17.7 Å². The number of aromatic amines is 1. The number of rotatable bonds is 20. The molecule has 19 heteroatoms. The number of aliphatic imine (C=N–C) groups is 2.